The predicted octanol–water partition coefficient (Wildman–Crippen LogP) is 17.9. The minimum atomic E-state index is -0.235. The number of anilines is 6. The fourth-order valence-corrected chi connectivity index (χ4v) is 21.1. The van der Waals surface area contributed by atoms with Gasteiger partial charge in [0.25, 0.3) is 0 Å². The average Bonchev–Trinajstić information content (AvgIpc) is 0.809. The topological polar surface area (TPSA) is 210 Å². The van der Waals surface area contributed by atoms with E-state index in [4.69, 9.17) is 60.7 Å². The first-order valence-electron chi connectivity index (χ1n) is 41.2. The van der Waals surface area contributed by atoms with Gasteiger partial charge in [0, 0.05) is 82.6 Å². The summed E-state index contributed by atoms with van der Waals surface area (Å²) in [5.41, 5.74) is 12.5. The summed E-state index contributed by atoms with van der Waals surface area (Å²) in [6, 6.07) is 0.306. The molecule has 4 aliphatic carbocycles. The zero-order valence-corrected chi connectivity index (χ0v) is 66.5. The minimum Gasteiger partial charge on any atom is -0.368 e. The highest BCUT2D eigenvalue weighted by Crippen LogP contribution is 2.49. The van der Waals surface area contributed by atoms with Crippen molar-refractivity contribution in [3.05, 3.63) is 0 Å². The normalized spacial score (nSPS) is 25.6. The van der Waals surface area contributed by atoms with Gasteiger partial charge in [0.15, 0.2) is 0 Å². The van der Waals surface area contributed by atoms with Crippen LogP contribution in [0.15, 0.2) is 0 Å². The van der Waals surface area contributed by atoms with Crippen LogP contribution in [-0.2, 0) is 19.4 Å². The molecular formula is C80H146N16O4. The minimum absolute atomic E-state index is 0.0113. The SMILES string of the molecule is CC1(C)CC(CCCCNc2nc(N)nc(N(CCCCCCN(c3nc(N)nc(NCCCCC4CC(C)(C)N(OC5CCCCC5)C(C)(C)C4)n3)C3CC(C)(C)N(OC4CCCCC4)C(C)(C)C3)C3CC(C)(C)N(OC4CCCCC4)C(C)(C)C3)n2)CC(C)(C)N1OC1CCCCC1. The Kier molecular flexibility index (Phi) is 26.8. The van der Waals surface area contributed by atoms with Crippen LogP contribution in [0.4, 0.5) is 35.7 Å². The Labute approximate surface area is 607 Å². The van der Waals surface area contributed by atoms with E-state index in [0.717, 1.165) is 155 Å². The molecule has 4 aliphatic heterocycles. The van der Waals surface area contributed by atoms with Gasteiger partial charge in [-0.2, -0.15) is 50.2 Å². The highest BCUT2D eigenvalue weighted by Gasteiger charge is 2.53. The Morgan fingerprint density at radius 3 is 0.860 bits per heavy atom. The third-order valence-corrected chi connectivity index (χ3v) is 24.6. The van der Waals surface area contributed by atoms with Gasteiger partial charge in [-0.1, -0.05) is 116 Å². The number of nitrogen functional groups attached to an aromatic ring is 2. The Balaban J connectivity index is 0.793. The molecule has 8 fully saturated rings. The standard InChI is InChI=1S/C80H146N16O4/c1-73(2)51-59(52-74(3,4)93(73)97-63-39-23-19-24-40-63)37-31-33-47-83-69-85-67(81)87-71(89-69)91(61-55-77(9,10)95(78(11,12)56-61)99-65-43-27-21-28-44-65)49-35-17-18-36-50-92(62-57-79(13,14)96(80(15,16)58-62)100-66-45-29-22-30-46-66)72-88-68(82)86-70(90-72)84-48-34-32-38-60-53-75(5,6)94(76(7,8)54-60)98-64-41-25-20-26-42-64/h59-66H,17-58H2,1-16H3,(H3,81,83,85,87,89)(H3,82,84,86,88,90). The molecule has 0 bridgehead atoms. The second-order valence-corrected chi connectivity index (χ2v) is 38.1. The fraction of sp³-hybridized carbons (Fsp3) is 0.925. The van der Waals surface area contributed by atoms with E-state index >= 15 is 0 Å². The number of rotatable bonds is 31. The number of nitrogens with two attached hydrogens (primary N) is 2. The van der Waals surface area contributed by atoms with Gasteiger partial charge in [-0.3, -0.25) is 19.4 Å². The van der Waals surface area contributed by atoms with Gasteiger partial charge in [0.2, 0.25) is 35.7 Å². The van der Waals surface area contributed by atoms with Crippen molar-refractivity contribution in [1.29, 1.82) is 0 Å². The lowest BCUT2D eigenvalue weighted by Crippen LogP contribution is -2.65. The van der Waals surface area contributed by atoms with Crippen molar-refractivity contribution in [2.45, 2.75) is 436 Å². The maximum Gasteiger partial charge on any atom is 0.232 e. The van der Waals surface area contributed by atoms with Crippen molar-refractivity contribution in [3.8, 4) is 0 Å². The number of nitrogens with one attached hydrogen (secondary N) is 2. The van der Waals surface area contributed by atoms with Crippen LogP contribution in [0.2, 0.25) is 0 Å². The summed E-state index contributed by atoms with van der Waals surface area (Å²) in [5, 5.41) is 16.8. The third-order valence-electron chi connectivity index (χ3n) is 24.6. The Morgan fingerprint density at radius 1 is 0.330 bits per heavy atom. The van der Waals surface area contributed by atoms with Gasteiger partial charge in [0.1, 0.15) is 0 Å². The molecule has 0 radical (unpaired) electrons. The van der Waals surface area contributed by atoms with E-state index in [2.05, 4.69) is 151 Å². The number of unbranched alkanes of at least 4 members (excludes halogenated alkanes) is 5. The summed E-state index contributed by atoms with van der Waals surface area (Å²) in [5.74, 6) is 4.25. The van der Waals surface area contributed by atoms with Crippen molar-refractivity contribution in [2.24, 2.45) is 11.8 Å². The van der Waals surface area contributed by atoms with Crippen molar-refractivity contribution >= 4 is 35.7 Å². The molecule has 0 amide bonds. The summed E-state index contributed by atoms with van der Waals surface area (Å²) in [7, 11) is 0. The Bertz CT molecular complexity index is 2570. The molecule has 4 saturated carbocycles. The molecule has 6 heterocycles. The first kappa shape index (κ1) is 79.1. The largest absolute Gasteiger partial charge is 0.368 e. The second-order valence-electron chi connectivity index (χ2n) is 38.1. The van der Waals surface area contributed by atoms with Crippen molar-refractivity contribution in [1.82, 2.24) is 50.2 Å². The molecule has 8 aliphatic rings. The van der Waals surface area contributed by atoms with Crippen LogP contribution in [0.3, 0.4) is 0 Å². The quantitative estimate of drug-likeness (QED) is 0.0517. The number of piperidine rings is 4. The highest BCUT2D eigenvalue weighted by molar-refractivity contribution is 5.45. The van der Waals surface area contributed by atoms with Crippen molar-refractivity contribution in [3.63, 3.8) is 0 Å². The van der Waals surface area contributed by atoms with Gasteiger partial charge in [0.05, 0.1) is 24.4 Å². The van der Waals surface area contributed by atoms with E-state index in [-0.39, 0.29) is 80.5 Å². The maximum absolute atomic E-state index is 7.05. The Morgan fingerprint density at radius 2 is 0.590 bits per heavy atom. The van der Waals surface area contributed by atoms with E-state index in [1.54, 1.807) is 0 Å². The molecule has 2 aromatic rings. The molecule has 0 spiro atoms. The molecule has 6 N–H and O–H groups in total. The molecule has 0 unspecified atom stereocenters. The molecule has 10 rings (SSSR count). The molecule has 2 aromatic heterocycles. The number of hydroxylamine groups is 8. The molecule has 4 saturated heterocycles. The van der Waals surface area contributed by atoms with Gasteiger partial charge in [-0.05, 0) is 251 Å². The zero-order valence-electron chi connectivity index (χ0n) is 66.5. The molecule has 100 heavy (non-hydrogen) atoms. The fourth-order valence-electron chi connectivity index (χ4n) is 21.1. The monoisotopic (exact) mass is 1400 g/mol. The summed E-state index contributed by atoms with van der Waals surface area (Å²) in [6.07, 6.45) is 44.8. The number of hydrogen-bond donors (Lipinski definition) is 4. The van der Waals surface area contributed by atoms with Crippen LogP contribution in [0.25, 0.3) is 0 Å². The lowest BCUT2D eigenvalue weighted by atomic mass is 9.73. The molecule has 0 atom stereocenters. The third kappa shape index (κ3) is 21.2. The van der Waals surface area contributed by atoms with Crippen LogP contribution < -0.4 is 31.9 Å². The van der Waals surface area contributed by atoms with Gasteiger partial charge in [-0.15, -0.1) is 0 Å². The van der Waals surface area contributed by atoms with Crippen LogP contribution in [0.5, 0.6) is 0 Å². The van der Waals surface area contributed by atoms with Crippen molar-refractivity contribution < 1.29 is 19.4 Å². The lowest BCUT2D eigenvalue weighted by Gasteiger charge is -2.56. The smallest absolute Gasteiger partial charge is 0.232 e. The number of aromatic nitrogens is 6. The van der Waals surface area contributed by atoms with E-state index in [1.807, 2.05) is 0 Å². The first-order chi connectivity index (χ1) is 47.3. The first-order valence-corrected chi connectivity index (χ1v) is 41.2. The zero-order chi connectivity index (χ0) is 71.7. The van der Waals surface area contributed by atoms with Crippen LogP contribution >= 0.6 is 0 Å². The van der Waals surface area contributed by atoms with Crippen LogP contribution in [-0.4, -0.2) is 157 Å². The molecule has 570 valence electrons. The van der Waals surface area contributed by atoms with E-state index in [9.17, 15) is 0 Å². The Hall–Kier alpha value is -3.50. The molecule has 20 nitrogen and oxygen atoms in total. The van der Waals surface area contributed by atoms with Crippen LogP contribution in [0.1, 0.15) is 355 Å². The maximum atomic E-state index is 7.05. The number of nitrogens with zero attached hydrogens (tertiary/aromatic N) is 12. The highest BCUT2D eigenvalue weighted by atomic mass is 16.7. The average molecular weight is 1400 g/mol. The molecule has 20 heteroatoms. The van der Waals surface area contributed by atoms with Gasteiger partial charge >= 0.3 is 0 Å². The second kappa shape index (κ2) is 33.9. The lowest BCUT2D eigenvalue weighted by molar-refractivity contribution is -0.314. The molecule has 0 aromatic carbocycles. The summed E-state index contributed by atoms with van der Waals surface area (Å²) in [4.78, 5) is 62.7. The predicted molar refractivity (Wildman–Crippen MR) is 410 cm³/mol. The van der Waals surface area contributed by atoms with Gasteiger partial charge < -0.3 is 31.9 Å². The number of hydrogen-bond acceptors (Lipinski definition) is 20. The van der Waals surface area contributed by atoms with E-state index < -0.39 is 0 Å². The van der Waals surface area contributed by atoms with E-state index in [1.165, 1.54) is 116 Å². The summed E-state index contributed by atoms with van der Waals surface area (Å²) < 4.78 is 0. The summed E-state index contributed by atoms with van der Waals surface area (Å²) >= 11 is 0. The van der Waals surface area contributed by atoms with Crippen LogP contribution in [0, 0.1) is 11.8 Å². The summed E-state index contributed by atoms with van der Waals surface area (Å²) in [6.45, 7) is 41.3. The van der Waals surface area contributed by atoms with Crippen molar-refractivity contribution in [2.75, 3.05) is 58.1 Å². The molecular weight excluding hydrogens is 1250 g/mol. The van der Waals surface area contributed by atoms with E-state index in [0.29, 0.717) is 47.8 Å². The van der Waals surface area contributed by atoms with Gasteiger partial charge in [-0.25, -0.2) is 0 Å².